The molecular formula is C16H13Cl3N2O5. The Morgan fingerprint density at radius 2 is 1.81 bits per heavy atom. The SMILES string of the molecule is COC(=O)C(C)Nc1cc(Oc2c(Cl)cc(Cl)cc2Cl)ccc1[N+](=O)[O-]. The molecule has 1 atom stereocenters. The molecule has 26 heavy (non-hydrogen) atoms. The highest BCUT2D eigenvalue weighted by atomic mass is 35.5. The highest BCUT2D eigenvalue weighted by Gasteiger charge is 2.21. The summed E-state index contributed by atoms with van der Waals surface area (Å²) in [4.78, 5) is 22.2. The molecule has 138 valence electrons. The Bertz CT molecular complexity index is 837. The largest absolute Gasteiger partial charge is 0.467 e. The van der Waals surface area contributed by atoms with E-state index in [0.29, 0.717) is 5.02 Å². The Hall–Kier alpha value is -2.22. The van der Waals surface area contributed by atoms with Crippen LogP contribution < -0.4 is 10.1 Å². The van der Waals surface area contributed by atoms with Crippen molar-refractivity contribution in [1.29, 1.82) is 0 Å². The number of carbonyl (C=O) groups excluding carboxylic acids is 1. The van der Waals surface area contributed by atoms with E-state index in [0.717, 1.165) is 0 Å². The number of rotatable bonds is 6. The van der Waals surface area contributed by atoms with Crippen LogP contribution in [0, 0.1) is 10.1 Å². The molecule has 2 aromatic rings. The topological polar surface area (TPSA) is 90.7 Å². The molecule has 0 radical (unpaired) electrons. The van der Waals surface area contributed by atoms with E-state index >= 15 is 0 Å². The number of nitrogens with one attached hydrogen (secondary N) is 1. The summed E-state index contributed by atoms with van der Waals surface area (Å²) in [6.07, 6.45) is 0. The van der Waals surface area contributed by atoms with Crippen molar-refractivity contribution >= 4 is 52.1 Å². The number of esters is 1. The molecule has 0 aliphatic carbocycles. The summed E-state index contributed by atoms with van der Waals surface area (Å²) in [6.45, 7) is 1.51. The van der Waals surface area contributed by atoms with Crippen LogP contribution in [-0.4, -0.2) is 24.0 Å². The van der Waals surface area contributed by atoms with Crippen molar-refractivity contribution in [2.24, 2.45) is 0 Å². The highest BCUT2D eigenvalue weighted by molar-refractivity contribution is 6.40. The molecule has 0 aliphatic heterocycles. The quantitative estimate of drug-likeness (QED) is 0.387. The molecule has 0 spiro atoms. The molecule has 0 amide bonds. The molecule has 0 aromatic heterocycles. The van der Waals surface area contributed by atoms with Crippen molar-refractivity contribution in [1.82, 2.24) is 0 Å². The van der Waals surface area contributed by atoms with E-state index in [-0.39, 0.29) is 32.9 Å². The van der Waals surface area contributed by atoms with Crippen molar-refractivity contribution in [3.05, 3.63) is 55.5 Å². The second-order valence-electron chi connectivity index (χ2n) is 5.13. The van der Waals surface area contributed by atoms with Gasteiger partial charge in [0.25, 0.3) is 5.69 Å². The van der Waals surface area contributed by atoms with Crippen molar-refractivity contribution in [3.63, 3.8) is 0 Å². The van der Waals surface area contributed by atoms with Gasteiger partial charge in [0.15, 0.2) is 5.75 Å². The molecule has 2 rings (SSSR count). The molecule has 0 bridgehead atoms. The van der Waals surface area contributed by atoms with Crippen LogP contribution in [0.5, 0.6) is 11.5 Å². The van der Waals surface area contributed by atoms with Gasteiger partial charge in [-0.1, -0.05) is 34.8 Å². The Morgan fingerprint density at radius 3 is 2.35 bits per heavy atom. The van der Waals surface area contributed by atoms with Crippen molar-refractivity contribution in [3.8, 4) is 11.5 Å². The molecular weight excluding hydrogens is 407 g/mol. The summed E-state index contributed by atoms with van der Waals surface area (Å²) in [6, 6.07) is 6.07. The normalized spacial score (nSPS) is 11.6. The van der Waals surface area contributed by atoms with E-state index in [2.05, 4.69) is 10.1 Å². The minimum atomic E-state index is -0.809. The van der Waals surface area contributed by atoms with E-state index in [1.807, 2.05) is 0 Å². The summed E-state index contributed by atoms with van der Waals surface area (Å²) in [5.41, 5.74) is -0.159. The molecule has 1 N–H and O–H groups in total. The van der Waals surface area contributed by atoms with Crippen LogP contribution in [0.3, 0.4) is 0 Å². The summed E-state index contributed by atoms with van der Waals surface area (Å²) in [7, 11) is 1.22. The molecule has 0 heterocycles. The lowest BCUT2D eigenvalue weighted by molar-refractivity contribution is -0.384. The third kappa shape index (κ3) is 4.69. The first-order valence-electron chi connectivity index (χ1n) is 7.18. The van der Waals surface area contributed by atoms with E-state index in [4.69, 9.17) is 39.5 Å². The average molecular weight is 420 g/mol. The van der Waals surface area contributed by atoms with Gasteiger partial charge in [0.1, 0.15) is 17.5 Å². The van der Waals surface area contributed by atoms with Gasteiger partial charge in [0.2, 0.25) is 0 Å². The maximum Gasteiger partial charge on any atom is 0.327 e. The Balaban J connectivity index is 2.38. The summed E-state index contributed by atoms with van der Waals surface area (Å²) >= 11 is 18.0. The van der Waals surface area contributed by atoms with Gasteiger partial charge in [-0.25, -0.2) is 4.79 Å². The third-order valence-electron chi connectivity index (χ3n) is 3.27. The first kappa shape index (κ1) is 20.1. The number of carbonyl (C=O) groups is 1. The number of methoxy groups -OCH3 is 1. The molecule has 1 unspecified atom stereocenters. The zero-order valence-electron chi connectivity index (χ0n) is 13.6. The van der Waals surface area contributed by atoms with Gasteiger partial charge in [-0.05, 0) is 25.1 Å². The fourth-order valence-electron chi connectivity index (χ4n) is 2.07. The number of hydrogen-bond donors (Lipinski definition) is 1. The van der Waals surface area contributed by atoms with Crippen LogP contribution in [0.25, 0.3) is 0 Å². The molecule has 7 nitrogen and oxygen atoms in total. The summed E-state index contributed by atoms with van der Waals surface area (Å²) in [5.74, 6) is -0.200. The number of benzene rings is 2. The van der Waals surface area contributed by atoms with Crippen LogP contribution >= 0.6 is 34.8 Å². The van der Waals surface area contributed by atoms with Crippen LogP contribution in [-0.2, 0) is 9.53 Å². The fourth-order valence-corrected chi connectivity index (χ4v) is 2.96. The number of anilines is 1. The van der Waals surface area contributed by atoms with Gasteiger partial charge < -0.3 is 14.8 Å². The molecule has 0 aliphatic rings. The molecule has 10 heteroatoms. The number of halogens is 3. The molecule has 0 fully saturated rings. The van der Waals surface area contributed by atoms with Crippen LogP contribution in [0.15, 0.2) is 30.3 Å². The zero-order chi connectivity index (χ0) is 19.4. The second kappa shape index (κ2) is 8.44. The number of nitro benzene ring substituents is 1. The van der Waals surface area contributed by atoms with Crippen LogP contribution in [0.1, 0.15) is 6.92 Å². The van der Waals surface area contributed by atoms with Gasteiger partial charge >= 0.3 is 5.97 Å². The van der Waals surface area contributed by atoms with Gasteiger partial charge in [-0.15, -0.1) is 0 Å². The number of hydrogen-bond acceptors (Lipinski definition) is 6. The zero-order valence-corrected chi connectivity index (χ0v) is 15.9. The van der Waals surface area contributed by atoms with Gasteiger partial charge in [0, 0.05) is 17.2 Å². The third-order valence-corrected chi connectivity index (χ3v) is 4.05. The summed E-state index contributed by atoms with van der Waals surface area (Å²) in [5, 5.41) is 14.6. The number of nitrogens with zero attached hydrogens (tertiary/aromatic N) is 1. The first-order chi connectivity index (χ1) is 12.2. The lowest BCUT2D eigenvalue weighted by Crippen LogP contribution is -2.27. The predicted molar refractivity (Wildman–Crippen MR) is 99.7 cm³/mol. The van der Waals surface area contributed by atoms with E-state index in [1.165, 1.54) is 44.4 Å². The lowest BCUT2D eigenvalue weighted by Gasteiger charge is -2.15. The Morgan fingerprint density at radius 1 is 1.19 bits per heavy atom. The maximum atomic E-state index is 11.6. The van der Waals surface area contributed by atoms with Gasteiger partial charge in [-0.3, -0.25) is 10.1 Å². The van der Waals surface area contributed by atoms with Gasteiger partial charge in [-0.2, -0.15) is 0 Å². The minimum absolute atomic E-state index is 0.0756. The van der Waals surface area contributed by atoms with Crippen molar-refractivity contribution in [2.45, 2.75) is 13.0 Å². The Labute approximate surface area is 163 Å². The maximum absolute atomic E-state index is 11.6. The molecule has 0 saturated carbocycles. The van der Waals surface area contributed by atoms with Crippen LogP contribution in [0.4, 0.5) is 11.4 Å². The first-order valence-corrected chi connectivity index (χ1v) is 8.31. The Kier molecular flexibility index (Phi) is 6.52. The van der Waals surface area contributed by atoms with E-state index in [1.54, 1.807) is 0 Å². The van der Waals surface area contributed by atoms with E-state index < -0.39 is 16.9 Å². The second-order valence-corrected chi connectivity index (χ2v) is 6.38. The molecule has 2 aromatic carbocycles. The number of nitro groups is 1. The average Bonchev–Trinajstić information content (AvgIpc) is 2.57. The number of ether oxygens (including phenoxy) is 2. The van der Waals surface area contributed by atoms with Gasteiger partial charge in [0.05, 0.1) is 22.1 Å². The standard InChI is InChI=1S/C16H13Cl3N2O5/c1-8(16(22)25-2)20-13-7-10(3-4-14(13)21(23)24)26-15-11(18)5-9(17)6-12(15)19/h3-8,20H,1-2H3. The smallest absolute Gasteiger partial charge is 0.327 e. The van der Waals surface area contributed by atoms with E-state index in [9.17, 15) is 14.9 Å². The lowest BCUT2D eigenvalue weighted by atomic mass is 10.2. The minimum Gasteiger partial charge on any atom is -0.467 e. The molecule has 0 saturated heterocycles. The fraction of sp³-hybridized carbons (Fsp3) is 0.188. The van der Waals surface area contributed by atoms with Crippen LogP contribution in [0.2, 0.25) is 15.1 Å². The van der Waals surface area contributed by atoms with Crippen molar-refractivity contribution in [2.75, 3.05) is 12.4 Å². The monoisotopic (exact) mass is 418 g/mol. The van der Waals surface area contributed by atoms with Crippen molar-refractivity contribution < 1.29 is 19.2 Å². The predicted octanol–water partition coefficient (Wildman–Crippen LogP) is 5.32. The summed E-state index contributed by atoms with van der Waals surface area (Å²) < 4.78 is 10.2. The highest BCUT2D eigenvalue weighted by Crippen LogP contribution is 2.40.